The van der Waals surface area contributed by atoms with Crippen LogP contribution in [0.4, 0.5) is 0 Å². The highest BCUT2D eigenvalue weighted by Gasteiger charge is 2.33. The lowest BCUT2D eigenvalue weighted by molar-refractivity contribution is -0.133. The molecule has 5 heteroatoms. The predicted octanol–water partition coefficient (Wildman–Crippen LogP) is 0.947. The molecule has 1 aromatic rings. The standard InChI is InChI=1S/C15H20N2O3/c1-19-17-13(11-16-6-8-20-9-7-16)10-12-4-2-3-5-14(12)15(17)18/h2-5,13H,6-11H2,1H3. The zero-order chi connectivity index (χ0) is 13.9. The van der Waals surface area contributed by atoms with Crippen LogP contribution in [0, 0.1) is 0 Å². The Balaban J connectivity index is 1.78. The van der Waals surface area contributed by atoms with Crippen molar-refractivity contribution in [3.8, 4) is 0 Å². The maximum Gasteiger partial charge on any atom is 0.278 e. The fraction of sp³-hybridized carbons (Fsp3) is 0.533. The highest BCUT2D eigenvalue weighted by atomic mass is 16.7. The minimum Gasteiger partial charge on any atom is -0.379 e. The molecule has 0 saturated carbocycles. The zero-order valence-electron chi connectivity index (χ0n) is 11.7. The zero-order valence-corrected chi connectivity index (χ0v) is 11.7. The molecule has 0 spiro atoms. The number of nitrogens with zero attached hydrogens (tertiary/aromatic N) is 2. The first-order valence-corrected chi connectivity index (χ1v) is 7.05. The molecule has 1 atom stereocenters. The van der Waals surface area contributed by atoms with Crippen molar-refractivity contribution in [1.29, 1.82) is 0 Å². The summed E-state index contributed by atoms with van der Waals surface area (Å²) in [5, 5.41) is 1.53. The minimum atomic E-state index is -0.0346. The molecule has 20 heavy (non-hydrogen) atoms. The molecule has 1 aromatic carbocycles. The van der Waals surface area contributed by atoms with E-state index in [-0.39, 0.29) is 11.9 Å². The Morgan fingerprint density at radius 2 is 2.05 bits per heavy atom. The van der Waals surface area contributed by atoms with Gasteiger partial charge in [-0.2, -0.15) is 0 Å². The van der Waals surface area contributed by atoms with Gasteiger partial charge < -0.3 is 4.74 Å². The first kappa shape index (κ1) is 13.5. The summed E-state index contributed by atoms with van der Waals surface area (Å²) in [6, 6.07) is 7.86. The van der Waals surface area contributed by atoms with Crippen LogP contribution in [0.25, 0.3) is 0 Å². The van der Waals surface area contributed by atoms with Crippen LogP contribution < -0.4 is 0 Å². The van der Waals surface area contributed by atoms with Gasteiger partial charge in [-0.05, 0) is 18.1 Å². The number of ether oxygens (including phenoxy) is 1. The molecule has 2 heterocycles. The van der Waals surface area contributed by atoms with E-state index in [0.717, 1.165) is 50.4 Å². The number of benzene rings is 1. The van der Waals surface area contributed by atoms with Gasteiger partial charge in [-0.1, -0.05) is 18.2 Å². The van der Waals surface area contributed by atoms with E-state index in [2.05, 4.69) is 4.90 Å². The van der Waals surface area contributed by atoms with Crippen molar-refractivity contribution in [2.45, 2.75) is 12.5 Å². The van der Waals surface area contributed by atoms with Crippen LogP contribution in [0.3, 0.4) is 0 Å². The van der Waals surface area contributed by atoms with Gasteiger partial charge in [0.05, 0.1) is 26.4 Å². The van der Waals surface area contributed by atoms with Gasteiger partial charge in [-0.25, -0.2) is 5.06 Å². The highest BCUT2D eigenvalue weighted by molar-refractivity contribution is 5.96. The molecule has 5 nitrogen and oxygen atoms in total. The third-order valence-electron chi connectivity index (χ3n) is 4.00. The molecule has 1 amide bonds. The van der Waals surface area contributed by atoms with Gasteiger partial charge in [-0.15, -0.1) is 0 Å². The van der Waals surface area contributed by atoms with E-state index in [4.69, 9.17) is 9.57 Å². The molecule has 2 aliphatic rings. The highest BCUT2D eigenvalue weighted by Crippen LogP contribution is 2.24. The van der Waals surface area contributed by atoms with E-state index in [9.17, 15) is 4.79 Å². The monoisotopic (exact) mass is 276 g/mol. The molecule has 2 aliphatic heterocycles. The van der Waals surface area contributed by atoms with Gasteiger partial charge in [0.2, 0.25) is 0 Å². The number of amides is 1. The van der Waals surface area contributed by atoms with E-state index < -0.39 is 0 Å². The van der Waals surface area contributed by atoms with Gasteiger partial charge in [0, 0.05) is 25.2 Å². The van der Waals surface area contributed by atoms with Crippen molar-refractivity contribution in [3.05, 3.63) is 35.4 Å². The Kier molecular flexibility index (Phi) is 4.00. The van der Waals surface area contributed by atoms with Gasteiger partial charge >= 0.3 is 0 Å². The predicted molar refractivity (Wildman–Crippen MR) is 74.4 cm³/mol. The van der Waals surface area contributed by atoms with Crippen LogP contribution in [-0.4, -0.2) is 61.9 Å². The summed E-state index contributed by atoms with van der Waals surface area (Å²) in [7, 11) is 1.57. The molecule has 1 saturated heterocycles. The molecule has 3 rings (SSSR count). The van der Waals surface area contributed by atoms with Crippen LogP contribution in [0.2, 0.25) is 0 Å². The van der Waals surface area contributed by atoms with Crippen molar-refractivity contribution in [2.75, 3.05) is 40.0 Å². The maximum absolute atomic E-state index is 12.5. The Morgan fingerprint density at radius 1 is 1.30 bits per heavy atom. The Bertz CT molecular complexity index is 486. The van der Waals surface area contributed by atoms with E-state index in [0.29, 0.717) is 0 Å². The van der Waals surface area contributed by atoms with Crippen LogP contribution in [-0.2, 0) is 16.0 Å². The second-order valence-electron chi connectivity index (χ2n) is 5.24. The Morgan fingerprint density at radius 3 is 2.80 bits per heavy atom. The number of hydrogen-bond acceptors (Lipinski definition) is 4. The lowest BCUT2D eigenvalue weighted by atomic mass is 9.94. The van der Waals surface area contributed by atoms with Crippen LogP contribution in [0.5, 0.6) is 0 Å². The summed E-state index contributed by atoms with van der Waals surface area (Å²) >= 11 is 0. The largest absolute Gasteiger partial charge is 0.379 e. The van der Waals surface area contributed by atoms with Crippen molar-refractivity contribution < 1.29 is 14.4 Å². The lowest BCUT2D eigenvalue weighted by Crippen LogP contribution is -2.52. The normalized spacial score (nSPS) is 23.8. The molecular weight excluding hydrogens is 256 g/mol. The van der Waals surface area contributed by atoms with E-state index in [1.807, 2.05) is 24.3 Å². The maximum atomic E-state index is 12.5. The smallest absolute Gasteiger partial charge is 0.278 e. The number of morpholine rings is 1. The van der Waals surface area contributed by atoms with Crippen LogP contribution in [0.15, 0.2) is 24.3 Å². The lowest BCUT2D eigenvalue weighted by Gasteiger charge is -2.38. The van der Waals surface area contributed by atoms with Gasteiger partial charge in [0.1, 0.15) is 0 Å². The quantitative estimate of drug-likeness (QED) is 0.824. The number of carbonyl (C=O) groups is 1. The summed E-state index contributed by atoms with van der Waals surface area (Å²) < 4.78 is 5.37. The molecule has 108 valence electrons. The molecule has 0 radical (unpaired) electrons. The molecule has 0 aliphatic carbocycles. The van der Waals surface area contributed by atoms with Crippen LogP contribution in [0.1, 0.15) is 15.9 Å². The Hall–Kier alpha value is -1.43. The molecular formula is C15H20N2O3. The summed E-state index contributed by atoms with van der Waals surface area (Å²) in [4.78, 5) is 20.1. The molecule has 0 aromatic heterocycles. The van der Waals surface area contributed by atoms with Crippen molar-refractivity contribution in [3.63, 3.8) is 0 Å². The third-order valence-corrected chi connectivity index (χ3v) is 4.00. The molecule has 1 fully saturated rings. The first-order valence-electron chi connectivity index (χ1n) is 7.05. The fourth-order valence-electron chi connectivity index (χ4n) is 2.98. The number of rotatable bonds is 3. The van der Waals surface area contributed by atoms with Crippen LogP contribution >= 0.6 is 0 Å². The fourth-order valence-corrected chi connectivity index (χ4v) is 2.98. The SMILES string of the molecule is CON1C(=O)c2ccccc2CC1CN1CCOCC1. The number of hydrogen-bond donors (Lipinski definition) is 0. The average molecular weight is 276 g/mol. The van der Waals surface area contributed by atoms with Gasteiger partial charge in [0.15, 0.2) is 0 Å². The van der Waals surface area contributed by atoms with E-state index in [1.165, 1.54) is 5.06 Å². The summed E-state index contributed by atoms with van der Waals surface area (Å²) in [6.45, 7) is 4.21. The summed E-state index contributed by atoms with van der Waals surface area (Å²) in [5.41, 5.74) is 1.87. The summed E-state index contributed by atoms with van der Waals surface area (Å²) in [5.74, 6) is -0.0346. The van der Waals surface area contributed by atoms with Gasteiger partial charge in [-0.3, -0.25) is 14.5 Å². The second-order valence-corrected chi connectivity index (χ2v) is 5.24. The number of carbonyl (C=O) groups excluding carboxylic acids is 1. The van der Waals surface area contributed by atoms with E-state index in [1.54, 1.807) is 7.11 Å². The Labute approximate surface area is 119 Å². The number of hydroxylamine groups is 2. The van der Waals surface area contributed by atoms with Crippen molar-refractivity contribution >= 4 is 5.91 Å². The minimum absolute atomic E-state index is 0.0346. The molecule has 1 unspecified atom stereocenters. The van der Waals surface area contributed by atoms with Crippen molar-refractivity contribution in [1.82, 2.24) is 9.96 Å². The molecule has 0 N–H and O–H groups in total. The second kappa shape index (κ2) is 5.91. The topological polar surface area (TPSA) is 42.0 Å². The van der Waals surface area contributed by atoms with Crippen molar-refractivity contribution in [2.24, 2.45) is 0 Å². The number of fused-ring (bicyclic) bond motifs is 1. The first-order chi connectivity index (χ1) is 9.79. The summed E-state index contributed by atoms with van der Waals surface area (Å²) in [6.07, 6.45) is 0.840. The third kappa shape index (κ3) is 2.57. The van der Waals surface area contributed by atoms with Gasteiger partial charge in [0.25, 0.3) is 5.91 Å². The van der Waals surface area contributed by atoms with E-state index >= 15 is 0 Å². The average Bonchev–Trinajstić information content (AvgIpc) is 2.49. The molecule has 0 bridgehead atoms.